The van der Waals surface area contributed by atoms with Crippen molar-refractivity contribution in [1.29, 1.82) is 0 Å². The molecule has 0 saturated heterocycles. The van der Waals surface area contributed by atoms with E-state index in [4.69, 9.17) is 9.15 Å². The van der Waals surface area contributed by atoms with Crippen molar-refractivity contribution in [1.82, 2.24) is 15.2 Å². The first-order chi connectivity index (χ1) is 16.7. The topological polar surface area (TPSA) is 92.9 Å². The molecule has 1 amide bonds. The van der Waals surface area contributed by atoms with Crippen molar-refractivity contribution in [2.45, 2.75) is 54.9 Å². The maximum absolute atomic E-state index is 13.2. The van der Waals surface area contributed by atoms with E-state index in [1.54, 1.807) is 18.4 Å². The van der Waals surface area contributed by atoms with E-state index < -0.39 is 0 Å². The van der Waals surface area contributed by atoms with Gasteiger partial charge in [0, 0.05) is 12.5 Å². The standard InChI is InChI=1S/C24H27N5O3S2/c1-31-18-11-9-16(10-12-18)19-14-20(21-8-5-13-32-21)29(28-19)22(30)15-33-24-27-26-23(34-24)25-17-6-3-2-4-7-17/h5,8-13,17,20H,2-4,6-7,14-15H2,1H3,(H,25,26). The molecule has 10 heteroatoms. The van der Waals surface area contributed by atoms with Crippen molar-refractivity contribution in [3.8, 4) is 5.75 Å². The fourth-order valence-corrected chi connectivity index (χ4v) is 6.02. The van der Waals surface area contributed by atoms with Gasteiger partial charge in [0.05, 0.1) is 24.8 Å². The minimum Gasteiger partial charge on any atom is -0.497 e. The molecule has 3 heterocycles. The molecule has 8 nitrogen and oxygen atoms in total. The first-order valence-corrected chi connectivity index (χ1v) is 13.3. The average Bonchev–Trinajstić information content (AvgIpc) is 3.64. The van der Waals surface area contributed by atoms with Gasteiger partial charge in [0.15, 0.2) is 4.34 Å². The number of rotatable bonds is 8. The minimum atomic E-state index is -0.266. The zero-order valence-electron chi connectivity index (χ0n) is 19.0. The third-order valence-electron chi connectivity index (χ3n) is 6.12. The number of carbonyl (C=O) groups excluding carboxylic acids is 1. The number of anilines is 1. The van der Waals surface area contributed by atoms with Crippen LogP contribution in [0.4, 0.5) is 5.13 Å². The summed E-state index contributed by atoms with van der Waals surface area (Å²) >= 11 is 2.90. The smallest absolute Gasteiger partial charge is 0.253 e. The van der Waals surface area contributed by atoms with Crippen LogP contribution in [0.15, 0.2) is 56.5 Å². The first kappa shape index (κ1) is 22.9. The Balaban J connectivity index is 1.25. The number of nitrogens with zero attached hydrogens (tertiary/aromatic N) is 4. The fraction of sp³-hybridized carbons (Fsp3) is 0.417. The monoisotopic (exact) mass is 497 g/mol. The van der Waals surface area contributed by atoms with Gasteiger partial charge in [-0.05, 0) is 54.8 Å². The second-order valence-electron chi connectivity index (χ2n) is 8.39. The highest BCUT2D eigenvalue weighted by Gasteiger charge is 2.35. The van der Waals surface area contributed by atoms with Crippen molar-refractivity contribution in [3.05, 3.63) is 54.0 Å². The molecule has 2 aliphatic rings. The third-order valence-corrected chi connectivity index (χ3v) is 8.09. The van der Waals surface area contributed by atoms with E-state index in [2.05, 4.69) is 20.6 Å². The van der Waals surface area contributed by atoms with Crippen LogP contribution in [0, 0.1) is 0 Å². The number of furan rings is 1. The van der Waals surface area contributed by atoms with Crippen LogP contribution in [-0.2, 0) is 4.79 Å². The Morgan fingerprint density at radius 3 is 2.76 bits per heavy atom. The molecule has 178 valence electrons. The van der Waals surface area contributed by atoms with Crippen molar-refractivity contribution in [2.24, 2.45) is 5.10 Å². The Labute approximate surface area is 206 Å². The highest BCUT2D eigenvalue weighted by Crippen LogP contribution is 2.35. The number of hydrogen-bond donors (Lipinski definition) is 1. The number of hydrogen-bond acceptors (Lipinski definition) is 9. The summed E-state index contributed by atoms with van der Waals surface area (Å²) in [7, 11) is 1.64. The van der Waals surface area contributed by atoms with E-state index in [-0.39, 0.29) is 17.7 Å². The number of carbonyl (C=O) groups is 1. The highest BCUT2D eigenvalue weighted by molar-refractivity contribution is 8.01. The second-order valence-corrected chi connectivity index (χ2v) is 10.6. The SMILES string of the molecule is COc1ccc(C2=NN(C(=O)CSc3nnc(NC4CCCCC4)s3)C(c3ccco3)C2)cc1. The number of hydrazone groups is 1. The maximum atomic E-state index is 13.2. The van der Waals surface area contributed by atoms with Gasteiger partial charge in [-0.1, -0.05) is 42.4 Å². The molecule has 5 rings (SSSR count). The molecule has 0 spiro atoms. The van der Waals surface area contributed by atoms with E-state index in [0.29, 0.717) is 12.5 Å². The molecule has 1 fully saturated rings. The van der Waals surface area contributed by atoms with Crippen molar-refractivity contribution >= 4 is 39.8 Å². The van der Waals surface area contributed by atoms with Crippen LogP contribution in [0.3, 0.4) is 0 Å². The number of nitrogens with one attached hydrogen (secondary N) is 1. The normalized spacial score (nSPS) is 18.7. The summed E-state index contributed by atoms with van der Waals surface area (Å²) in [6.45, 7) is 0. The Morgan fingerprint density at radius 1 is 1.21 bits per heavy atom. The number of ether oxygens (including phenoxy) is 1. The molecular weight excluding hydrogens is 470 g/mol. The molecule has 2 aromatic heterocycles. The molecule has 1 aliphatic carbocycles. The molecule has 0 bridgehead atoms. The maximum Gasteiger partial charge on any atom is 0.253 e. The molecule has 1 aromatic carbocycles. The van der Waals surface area contributed by atoms with Crippen molar-refractivity contribution < 1.29 is 13.9 Å². The lowest BCUT2D eigenvalue weighted by Gasteiger charge is -2.21. The lowest BCUT2D eigenvalue weighted by Crippen LogP contribution is -2.28. The van der Waals surface area contributed by atoms with E-state index in [1.807, 2.05) is 36.4 Å². The third kappa shape index (κ3) is 5.28. The summed E-state index contributed by atoms with van der Waals surface area (Å²) in [6, 6.07) is 11.6. The molecule has 1 unspecified atom stereocenters. The van der Waals surface area contributed by atoms with Crippen molar-refractivity contribution in [2.75, 3.05) is 18.2 Å². The lowest BCUT2D eigenvalue weighted by molar-refractivity contribution is -0.130. The Bertz CT molecular complexity index is 1120. The molecule has 1 saturated carbocycles. The Kier molecular flexibility index (Phi) is 7.15. The predicted molar refractivity (Wildman–Crippen MR) is 134 cm³/mol. The number of aromatic nitrogens is 2. The first-order valence-electron chi connectivity index (χ1n) is 11.5. The summed E-state index contributed by atoms with van der Waals surface area (Å²) in [5.74, 6) is 1.64. The lowest BCUT2D eigenvalue weighted by atomic mass is 9.96. The number of thioether (sulfide) groups is 1. The van der Waals surface area contributed by atoms with Gasteiger partial charge in [0.1, 0.15) is 17.6 Å². The van der Waals surface area contributed by atoms with Crippen LogP contribution in [0.25, 0.3) is 0 Å². The van der Waals surface area contributed by atoms with Gasteiger partial charge in [-0.25, -0.2) is 5.01 Å². The van der Waals surface area contributed by atoms with Gasteiger partial charge < -0.3 is 14.5 Å². The molecular formula is C24H27N5O3S2. The van der Waals surface area contributed by atoms with Gasteiger partial charge >= 0.3 is 0 Å². The van der Waals surface area contributed by atoms with E-state index in [0.717, 1.165) is 32.3 Å². The summed E-state index contributed by atoms with van der Waals surface area (Å²) in [5.41, 5.74) is 1.81. The Hall–Kier alpha value is -2.85. The number of methoxy groups -OCH3 is 1. The zero-order chi connectivity index (χ0) is 23.3. The summed E-state index contributed by atoms with van der Waals surface area (Å²) in [5, 5.41) is 19.1. The summed E-state index contributed by atoms with van der Waals surface area (Å²) in [4.78, 5) is 13.2. The molecule has 3 aromatic rings. The largest absolute Gasteiger partial charge is 0.497 e. The van der Waals surface area contributed by atoms with Crippen LogP contribution in [-0.4, -0.2) is 45.7 Å². The quantitative estimate of drug-likeness (QED) is 0.419. The molecule has 1 N–H and O–H groups in total. The highest BCUT2D eigenvalue weighted by atomic mass is 32.2. The second kappa shape index (κ2) is 10.6. The van der Waals surface area contributed by atoms with E-state index >= 15 is 0 Å². The van der Waals surface area contributed by atoms with Crippen LogP contribution < -0.4 is 10.1 Å². The van der Waals surface area contributed by atoms with E-state index in [1.165, 1.54) is 55.2 Å². The summed E-state index contributed by atoms with van der Waals surface area (Å²) < 4.78 is 11.7. The number of amides is 1. The van der Waals surface area contributed by atoms with Crippen molar-refractivity contribution in [3.63, 3.8) is 0 Å². The molecule has 1 aliphatic heterocycles. The van der Waals surface area contributed by atoms with E-state index in [9.17, 15) is 4.79 Å². The van der Waals surface area contributed by atoms with Gasteiger partial charge in [0.25, 0.3) is 5.91 Å². The molecule has 34 heavy (non-hydrogen) atoms. The van der Waals surface area contributed by atoms with Crippen LogP contribution in [0.1, 0.15) is 55.9 Å². The van der Waals surface area contributed by atoms with Crippen LogP contribution >= 0.6 is 23.1 Å². The van der Waals surface area contributed by atoms with Crippen LogP contribution in [0.5, 0.6) is 5.75 Å². The average molecular weight is 498 g/mol. The van der Waals surface area contributed by atoms with Gasteiger partial charge in [-0.2, -0.15) is 5.10 Å². The fourth-order valence-electron chi connectivity index (χ4n) is 4.34. The zero-order valence-corrected chi connectivity index (χ0v) is 20.6. The molecule has 1 atom stereocenters. The minimum absolute atomic E-state index is 0.0908. The Morgan fingerprint density at radius 2 is 2.03 bits per heavy atom. The number of benzene rings is 1. The molecule has 0 radical (unpaired) electrons. The summed E-state index contributed by atoms with van der Waals surface area (Å²) in [6.07, 6.45) is 8.41. The van der Waals surface area contributed by atoms with Gasteiger partial charge in [-0.15, -0.1) is 10.2 Å². The van der Waals surface area contributed by atoms with Crippen LogP contribution in [0.2, 0.25) is 0 Å². The van der Waals surface area contributed by atoms with Gasteiger partial charge in [0.2, 0.25) is 5.13 Å². The predicted octanol–water partition coefficient (Wildman–Crippen LogP) is 5.35. The van der Waals surface area contributed by atoms with Gasteiger partial charge in [-0.3, -0.25) is 4.79 Å².